The summed E-state index contributed by atoms with van der Waals surface area (Å²) in [4.78, 5) is 0. The molecule has 0 aliphatic carbocycles. The van der Waals surface area contributed by atoms with Gasteiger partial charge in [-0.2, -0.15) is 0 Å². The van der Waals surface area contributed by atoms with Gasteiger partial charge in [-0.15, -0.1) is 0 Å². The minimum absolute atomic E-state index is 0.0450. The van der Waals surface area contributed by atoms with Crippen molar-refractivity contribution in [3.63, 3.8) is 0 Å². The summed E-state index contributed by atoms with van der Waals surface area (Å²) in [5.41, 5.74) is 1.05. The predicted molar refractivity (Wildman–Crippen MR) is 94.4 cm³/mol. The molecule has 0 bridgehead atoms. The maximum Gasteiger partial charge on any atom is 0.137 e. The lowest BCUT2D eigenvalue weighted by Gasteiger charge is -2.24. The third-order valence-electron chi connectivity index (χ3n) is 3.98. The Bertz CT molecular complexity index is 468. The molecule has 4 nitrogen and oxygen atoms in total. The normalized spacial score (nSPS) is 14.4. The van der Waals surface area contributed by atoms with Crippen LogP contribution in [0.3, 0.4) is 0 Å². The minimum Gasteiger partial charge on any atom is -0.497 e. The Morgan fingerprint density at radius 3 is 2.52 bits per heavy atom. The van der Waals surface area contributed by atoms with Crippen molar-refractivity contribution in [1.82, 2.24) is 0 Å². The fourth-order valence-electron chi connectivity index (χ4n) is 2.56. The Balaban J connectivity index is 2.63. The zero-order valence-electron chi connectivity index (χ0n) is 15.6. The number of nitrogens with two attached hydrogens (primary N) is 1. The topological polar surface area (TPSA) is 55.3 Å². The summed E-state index contributed by atoms with van der Waals surface area (Å²) in [5, 5.41) is 12.3. The molecule has 0 amide bonds. The first kappa shape index (κ1) is 19.8. The highest BCUT2D eigenvalue weighted by Crippen LogP contribution is 2.34. The van der Waals surface area contributed by atoms with Crippen LogP contribution in [0, 0.1) is 0 Å². The van der Waals surface area contributed by atoms with Crippen molar-refractivity contribution in [2.24, 2.45) is 0 Å². The molecule has 0 spiro atoms. The molecule has 23 heavy (non-hydrogen) atoms. The molecule has 3 N–H and O–H groups in total. The van der Waals surface area contributed by atoms with Gasteiger partial charge < -0.3 is 19.9 Å². The number of benzene rings is 1. The van der Waals surface area contributed by atoms with Gasteiger partial charge in [0.25, 0.3) is 0 Å². The number of methoxy groups -OCH3 is 1. The van der Waals surface area contributed by atoms with E-state index in [-0.39, 0.29) is 5.41 Å². The molecule has 0 heterocycles. The van der Waals surface area contributed by atoms with Gasteiger partial charge in [-0.3, -0.25) is 0 Å². The first-order valence-electron chi connectivity index (χ1n) is 8.60. The molecule has 0 radical (unpaired) electrons. The first-order valence-corrected chi connectivity index (χ1v) is 8.60. The maximum absolute atomic E-state index is 10.1. The maximum atomic E-state index is 10.1. The van der Waals surface area contributed by atoms with E-state index in [9.17, 15) is 5.11 Å². The molecular weight excluding hydrogens is 290 g/mol. The molecule has 1 aromatic rings. The number of aliphatic hydroxyl groups excluding tert-OH is 1. The van der Waals surface area contributed by atoms with Crippen LogP contribution in [-0.4, -0.2) is 37.5 Å². The van der Waals surface area contributed by atoms with E-state index >= 15 is 0 Å². The van der Waals surface area contributed by atoms with Gasteiger partial charge in [0.05, 0.1) is 13.2 Å². The van der Waals surface area contributed by atoms with Crippen molar-refractivity contribution in [3.8, 4) is 11.5 Å². The van der Waals surface area contributed by atoms with E-state index in [1.165, 1.54) is 12.8 Å². The average molecular weight is 324 g/mol. The Labute approximate surface area is 141 Å². The SMILES string of the molecule is CCC[C@@H](C)[NH2+]C[C@H](O)COc1ccc(OC)cc1C(C)(C)C. The quantitative estimate of drug-likeness (QED) is 0.734. The van der Waals surface area contributed by atoms with Crippen molar-refractivity contribution in [2.45, 2.75) is 65.0 Å². The van der Waals surface area contributed by atoms with Gasteiger partial charge in [-0.1, -0.05) is 34.1 Å². The van der Waals surface area contributed by atoms with Crippen molar-refractivity contribution >= 4 is 0 Å². The summed E-state index contributed by atoms with van der Waals surface area (Å²) in [7, 11) is 1.67. The Morgan fingerprint density at radius 2 is 1.96 bits per heavy atom. The standard InChI is InChI=1S/C19H33NO3/c1-7-8-14(2)20-12-15(21)13-23-18-10-9-16(22-6)11-17(18)19(3,4)5/h9-11,14-15,20-21H,7-8,12-13H2,1-6H3/p+1/t14-,15+/m1/s1. The molecule has 1 aromatic carbocycles. The number of hydrogen-bond acceptors (Lipinski definition) is 3. The van der Waals surface area contributed by atoms with Crippen LogP contribution in [0.15, 0.2) is 18.2 Å². The highest BCUT2D eigenvalue weighted by atomic mass is 16.5. The fourth-order valence-corrected chi connectivity index (χ4v) is 2.56. The second-order valence-corrected chi connectivity index (χ2v) is 7.31. The molecule has 0 aromatic heterocycles. The molecule has 0 aliphatic rings. The lowest BCUT2D eigenvalue weighted by Crippen LogP contribution is -2.91. The molecule has 4 heteroatoms. The summed E-state index contributed by atoms with van der Waals surface area (Å²) in [6.07, 6.45) is 1.87. The zero-order valence-corrected chi connectivity index (χ0v) is 15.6. The van der Waals surface area contributed by atoms with E-state index in [2.05, 4.69) is 39.9 Å². The highest BCUT2D eigenvalue weighted by Gasteiger charge is 2.21. The molecular formula is C19H34NO3+. The summed E-state index contributed by atoms with van der Waals surface area (Å²) in [6.45, 7) is 11.8. The van der Waals surface area contributed by atoms with Crippen LogP contribution in [-0.2, 0) is 5.41 Å². The lowest BCUT2D eigenvalue weighted by atomic mass is 9.86. The van der Waals surface area contributed by atoms with Gasteiger partial charge in [-0.05, 0) is 37.0 Å². The number of aliphatic hydroxyl groups is 1. The second-order valence-electron chi connectivity index (χ2n) is 7.31. The van der Waals surface area contributed by atoms with Crippen molar-refractivity contribution in [3.05, 3.63) is 23.8 Å². The summed E-state index contributed by atoms with van der Waals surface area (Å²) in [5.74, 6) is 1.64. The molecule has 0 fully saturated rings. The largest absolute Gasteiger partial charge is 0.497 e. The number of hydrogen-bond donors (Lipinski definition) is 2. The minimum atomic E-state index is -0.468. The van der Waals surface area contributed by atoms with Crippen molar-refractivity contribution in [1.29, 1.82) is 0 Å². The van der Waals surface area contributed by atoms with E-state index < -0.39 is 6.10 Å². The van der Waals surface area contributed by atoms with Crippen LogP contribution in [0.4, 0.5) is 0 Å². The van der Waals surface area contributed by atoms with Crippen LogP contribution in [0.5, 0.6) is 11.5 Å². The highest BCUT2D eigenvalue weighted by molar-refractivity contribution is 5.44. The molecule has 2 atom stereocenters. The van der Waals surface area contributed by atoms with E-state index in [1.54, 1.807) is 7.11 Å². The van der Waals surface area contributed by atoms with Gasteiger partial charge in [0.2, 0.25) is 0 Å². The first-order chi connectivity index (χ1) is 10.8. The van der Waals surface area contributed by atoms with Gasteiger partial charge in [0, 0.05) is 5.56 Å². The van der Waals surface area contributed by atoms with E-state index in [4.69, 9.17) is 9.47 Å². The van der Waals surface area contributed by atoms with Gasteiger partial charge in [0.15, 0.2) is 0 Å². The molecule has 0 unspecified atom stereocenters. The van der Waals surface area contributed by atoms with Crippen molar-refractivity contribution in [2.75, 3.05) is 20.3 Å². The molecule has 0 saturated carbocycles. The third kappa shape index (κ3) is 6.80. The van der Waals surface area contributed by atoms with Crippen molar-refractivity contribution < 1.29 is 19.9 Å². The number of ether oxygens (including phenoxy) is 2. The monoisotopic (exact) mass is 324 g/mol. The smallest absolute Gasteiger partial charge is 0.137 e. The van der Waals surface area contributed by atoms with E-state index in [0.717, 1.165) is 17.1 Å². The van der Waals surface area contributed by atoms with Crippen LogP contribution in [0.1, 0.15) is 53.0 Å². The zero-order chi connectivity index (χ0) is 17.5. The number of quaternary nitrogens is 1. The summed E-state index contributed by atoms with van der Waals surface area (Å²) in [6, 6.07) is 6.37. The van der Waals surface area contributed by atoms with Gasteiger partial charge >= 0.3 is 0 Å². The second kappa shape index (κ2) is 9.14. The Morgan fingerprint density at radius 1 is 1.26 bits per heavy atom. The Hall–Kier alpha value is -1.26. The molecule has 0 saturated heterocycles. The van der Waals surface area contributed by atoms with Crippen LogP contribution in [0.2, 0.25) is 0 Å². The van der Waals surface area contributed by atoms with Gasteiger partial charge in [-0.25, -0.2) is 0 Å². The average Bonchev–Trinajstić information content (AvgIpc) is 2.50. The van der Waals surface area contributed by atoms with Crippen LogP contribution < -0.4 is 14.8 Å². The summed E-state index contributed by atoms with van der Waals surface area (Å²) >= 11 is 0. The molecule has 1 rings (SSSR count). The third-order valence-corrected chi connectivity index (χ3v) is 3.98. The lowest BCUT2D eigenvalue weighted by molar-refractivity contribution is -0.692. The number of rotatable bonds is 9. The Kier molecular flexibility index (Phi) is 7.86. The molecule has 132 valence electrons. The predicted octanol–water partition coefficient (Wildman–Crippen LogP) is 2.48. The molecule has 0 aliphatic heterocycles. The van der Waals surface area contributed by atoms with E-state index in [1.807, 2.05) is 18.2 Å². The van der Waals surface area contributed by atoms with Crippen LogP contribution in [0.25, 0.3) is 0 Å². The summed E-state index contributed by atoms with van der Waals surface area (Å²) < 4.78 is 11.2. The van der Waals surface area contributed by atoms with Crippen LogP contribution >= 0.6 is 0 Å². The van der Waals surface area contributed by atoms with Gasteiger partial charge in [0.1, 0.15) is 30.8 Å². The fraction of sp³-hybridized carbons (Fsp3) is 0.684. The van der Waals surface area contributed by atoms with E-state index in [0.29, 0.717) is 19.2 Å².